The van der Waals surface area contributed by atoms with Crippen LogP contribution in [0.15, 0.2) is 5.38 Å². The van der Waals surface area contributed by atoms with Crippen LogP contribution in [0.4, 0.5) is 4.79 Å². The van der Waals surface area contributed by atoms with Gasteiger partial charge < -0.3 is 15.7 Å². The molecule has 0 bridgehead atoms. The topological polar surface area (TPSA) is 91.3 Å². The molecule has 0 saturated carbocycles. The minimum atomic E-state index is -0.855. The lowest BCUT2D eigenvalue weighted by Crippen LogP contribution is -2.35. The van der Waals surface area contributed by atoms with Crippen molar-refractivity contribution in [1.82, 2.24) is 15.6 Å². The first kappa shape index (κ1) is 15.4. The molecule has 3 N–H and O–H groups in total. The summed E-state index contributed by atoms with van der Waals surface area (Å²) in [5.74, 6) is -0.471. The Kier molecular flexibility index (Phi) is 6.27. The molecule has 1 aromatic heterocycles. The molecule has 0 aliphatic carbocycles. The van der Waals surface area contributed by atoms with Crippen molar-refractivity contribution >= 4 is 23.3 Å². The first-order valence-corrected chi connectivity index (χ1v) is 7.04. The summed E-state index contributed by atoms with van der Waals surface area (Å²) in [6, 6.07) is -0.299. The largest absolute Gasteiger partial charge is 0.481 e. The quantitative estimate of drug-likeness (QED) is 0.668. The van der Waals surface area contributed by atoms with Gasteiger partial charge in [0.1, 0.15) is 5.01 Å². The van der Waals surface area contributed by atoms with Crippen LogP contribution in [-0.2, 0) is 11.3 Å². The maximum absolute atomic E-state index is 11.4. The lowest BCUT2D eigenvalue weighted by molar-refractivity contribution is -0.137. The Hall–Kier alpha value is -1.63. The van der Waals surface area contributed by atoms with E-state index in [1.807, 2.05) is 5.38 Å². The average Bonchev–Trinajstić information content (AvgIpc) is 2.81. The van der Waals surface area contributed by atoms with Crippen LogP contribution in [0.25, 0.3) is 0 Å². The number of rotatable bonds is 7. The normalized spacial score (nSPS) is 10.5. The fourth-order valence-electron chi connectivity index (χ4n) is 1.33. The summed E-state index contributed by atoms with van der Waals surface area (Å²) in [5, 5.41) is 16.6. The minimum absolute atomic E-state index is 0.0600. The summed E-state index contributed by atoms with van der Waals surface area (Å²) < 4.78 is 0. The maximum atomic E-state index is 11.4. The zero-order valence-corrected chi connectivity index (χ0v) is 11.9. The molecule has 0 aliphatic rings. The second-order valence-electron chi connectivity index (χ2n) is 4.43. The first-order valence-electron chi connectivity index (χ1n) is 6.17. The van der Waals surface area contributed by atoms with E-state index in [1.165, 1.54) is 11.3 Å². The Bertz CT molecular complexity index is 432. The number of amides is 2. The van der Waals surface area contributed by atoms with Crippen LogP contribution in [-0.4, -0.2) is 28.6 Å². The number of carbonyl (C=O) groups is 2. The summed E-state index contributed by atoms with van der Waals surface area (Å²) in [5.41, 5.74) is 1.03. The van der Waals surface area contributed by atoms with Crippen LogP contribution in [0.1, 0.15) is 43.3 Å². The molecule has 0 aliphatic heterocycles. The van der Waals surface area contributed by atoms with Gasteiger partial charge in [-0.1, -0.05) is 13.8 Å². The third-order valence-electron chi connectivity index (χ3n) is 2.41. The molecule has 2 amide bonds. The Morgan fingerprint density at radius 3 is 2.74 bits per heavy atom. The van der Waals surface area contributed by atoms with Crippen molar-refractivity contribution in [3.8, 4) is 0 Å². The number of urea groups is 1. The van der Waals surface area contributed by atoms with Crippen LogP contribution in [0.2, 0.25) is 0 Å². The van der Waals surface area contributed by atoms with Crippen molar-refractivity contribution in [3.63, 3.8) is 0 Å². The van der Waals surface area contributed by atoms with E-state index in [1.54, 1.807) is 0 Å². The van der Waals surface area contributed by atoms with E-state index in [2.05, 4.69) is 29.5 Å². The van der Waals surface area contributed by atoms with E-state index in [0.717, 1.165) is 10.7 Å². The summed E-state index contributed by atoms with van der Waals surface area (Å²) in [4.78, 5) is 26.1. The Labute approximate surface area is 116 Å². The van der Waals surface area contributed by atoms with Gasteiger partial charge in [0.25, 0.3) is 0 Å². The standard InChI is InChI=1S/C12H19N3O3S/c1-8(2)9-7-19-10(15-9)6-14-12(18)13-5-3-4-11(16)17/h7-8H,3-6H2,1-2H3,(H,16,17)(H2,13,14,18). The fraction of sp³-hybridized carbons (Fsp3) is 0.583. The molecular weight excluding hydrogens is 266 g/mol. The molecule has 0 saturated heterocycles. The highest BCUT2D eigenvalue weighted by molar-refractivity contribution is 7.09. The van der Waals surface area contributed by atoms with Crippen LogP contribution < -0.4 is 10.6 Å². The van der Waals surface area contributed by atoms with Crippen molar-refractivity contribution in [3.05, 3.63) is 16.1 Å². The molecule has 19 heavy (non-hydrogen) atoms. The zero-order chi connectivity index (χ0) is 14.3. The molecular formula is C12H19N3O3S. The molecule has 0 atom stereocenters. The van der Waals surface area contributed by atoms with Crippen LogP contribution in [0.5, 0.6) is 0 Å². The molecule has 6 nitrogen and oxygen atoms in total. The highest BCUT2D eigenvalue weighted by Crippen LogP contribution is 2.17. The number of thiazole rings is 1. The predicted octanol–water partition coefficient (Wildman–Crippen LogP) is 1.93. The fourth-order valence-corrected chi connectivity index (χ4v) is 2.23. The number of aliphatic carboxylic acids is 1. The molecule has 0 spiro atoms. The second-order valence-corrected chi connectivity index (χ2v) is 5.37. The number of hydrogen-bond donors (Lipinski definition) is 3. The predicted molar refractivity (Wildman–Crippen MR) is 73.3 cm³/mol. The SMILES string of the molecule is CC(C)c1csc(CNC(=O)NCCCC(=O)O)n1. The monoisotopic (exact) mass is 285 g/mol. The van der Waals surface area contributed by atoms with Crippen molar-refractivity contribution < 1.29 is 14.7 Å². The van der Waals surface area contributed by atoms with E-state index in [9.17, 15) is 9.59 Å². The molecule has 106 valence electrons. The molecule has 7 heteroatoms. The first-order chi connectivity index (χ1) is 8.99. The number of carboxylic acids is 1. The van der Waals surface area contributed by atoms with Gasteiger partial charge in [-0.3, -0.25) is 4.79 Å². The van der Waals surface area contributed by atoms with Gasteiger partial charge in [0, 0.05) is 18.3 Å². The number of carbonyl (C=O) groups excluding carboxylic acids is 1. The zero-order valence-electron chi connectivity index (χ0n) is 11.1. The van der Waals surface area contributed by atoms with Gasteiger partial charge >= 0.3 is 12.0 Å². The summed E-state index contributed by atoms with van der Waals surface area (Å²) >= 11 is 1.52. The Morgan fingerprint density at radius 1 is 1.42 bits per heavy atom. The van der Waals surface area contributed by atoms with E-state index in [0.29, 0.717) is 25.4 Å². The van der Waals surface area contributed by atoms with Crippen LogP contribution >= 0.6 is 11.3 Å². The van der Waals surface area contributed by atoms with Crippen LogP contribution in [0.3, 0.4) is 0 Å². The molecule has 1 aromatic rings. The molecule has 1 heterocycles. The molecule has 1 rings (SSSR count). The highest BCUT2D eigenvalue weighted by Gasteiger charge is 2.07. The van der Waals surface area contributed by atoms with Gasteiger partial charge in [-0.25, -0.2) is 9.78 Å². The molecule has 0 unspecified atom stereocenters. The van der Waals surface area contributed by atoms with Gasteiger partial charge in [-0.15, -0.1) is 11.3 Å². The number of nitrogens with zero attached hydrogens (tertiary/aromatic N) is 1. The number of carboxylic acid groups (broad SMARTS) is 1. The second kappa shape index (κ2) is 7.73. The smallest absolute Gasteiger partial charge is 0.315 e. The lowest BCUT2D eigenvalue weighted by atomic mass is 10.2. The van der Waals surface area contributed by atoms with E-state index in [4.69, 9.17) is 5.11 Å². The lowest BCUT2D eigenvalue weighted by Gasteiger charge is -2.05. The van der Waals surface area contributed by atoms with Crippen molar-refractivity contribution in [2.75, 3.05) is 6.54 Å². The Balaban J connectivity index is 2.20. The number of aromatic nitrogens is 1. The third-order valence-corrected chi connectivity index (χ3v) is 3.28. The van der Waals surface area contributed by atoms with Crippen molar-refractivity contribution in [2.24, 2.45) is 0 Å². The van der Waals surface area contributed by atoms with Crippen molar-refractivity contribution in [1.29, 1.82) is 0 Å². The third kappa shape index (κ3) is 6.19. The van der Waals surface area contributed by atoms with Crippen LogP contribution in [0, 0.1) is 0 Å². The van der Waals surface area contributed by atoms with E-state index >= 15 is 0 Å². The van der Waals surface area contributed by atoms with Gasteiger partial charge in [-0.2, -0.15) is 0 Å². The maximum Gasteiger partial charge on any atom is 0.315 e. The Morgan fingerprint density at radius 2 is 2.16 bits per heavy atom. The molecule has 0 radical (unpaired) electrons. The molecule has 0 fully saturated rings. The highest BCUT2D eigenvalue weighted by atomic mass is 32.1. The minimum Gasteiger partial charge on any atom is -0.481 e. The number of nitrogens with one attached hydrogen (secondary N) is 2. The summed E-state index contributed by atoms with van der Waals surface area (Å²) in [7, 11) is 0. The van der Waals surface area contributed by atoms with Gasteiger partial charge in [0.05, 0.1) is 12.2 Å². The number of hydrogen-bond acceptors (Lipinski definition) is 4. The molecule has 0 aromatic carbocycles. The van der Waals surface area contributed by atoms with E-state index < -0.39 is 5.97 Å². The van der Waals surface area contributed by atoms with Gasteiger partial charge in [0.2, 0.25) is 0 Å². The van der Waals surface area contributed by atoms with Gasteiger partial charge in [-0.05, 0) is 12.3 Å². The average molecular weight is 285 g/mol. The summed E-state index contributed by atoms with van der Waals surface area (Å²) in [6.45, 7) is 4.89. The van der Waals surface area contributed by atoms with Gasteiger partial charge in [0.15, 0.2) is 0 Å². The van der Waals surface area contributed by atoms with Crippen molar-refractivity contribution in [2.45, 2.75) is 39.2 Å². The van der Waals surface area contributed by atoms with E-state index in [-0.39, 0.29) is 12.5 Å². The summed E-state index contributed by atoms with van der Waals surface area (Å²) in [6.07, 6.45) is 0.488.